The third-order valence-electron chi connectivity index (χ3n) is 4.22. The Hall–Kier alpha value is -1.55. The summed E-state index contributed by atoms with van der Waals surface area (Å²) in [5.74, 6) is 1.88. The lowest BCUT2D eigenvalue weighted by atomic mass is 9.90. The van der Waals surface area contributed by atoms with E-state index in [4.69, 9.17) is 14.3 Å². The number of rotatable bonds is 3. The van der Waals surface area contributed by atoms with Crippen LogP contribution in [0, 0.1) is 5.92 Å². The average Bonchev–Trinajstić information content (AvgIpc) is 3.05. The molecule has 0 radical (unpaired) electrons. The van der Waals surface area contributed by atoms with Crippen LogP contribution in [0.1, 0.15) is 29.9 Å². The van der Waals surface area contributed by atoms with Gasteiger partial charge in [0.1, 0.15) is 5.75 Å². The lowest BCUT2D eigenvalue weighted by molar-refractivity contribution is 0.0558. The SMILES string of the molecule is COc1ccc(C2=NOC3COCC23)c(C2CC2)c1. The van der Waals surface area contributed by atoms with Gasteiger partial charge in [-0.25, -0.2) is 0 Å². The molecule has 0 bridgehead atoms. The second-order valence-electron chi connectivity index (χ2n) is 5.49. The Kier molecular flexibility index (Phi) is 2.52. The third-order valence-corrected chi connectivity index (χ3v) is 4.22. The van der Waals surface area contributed by atoms with Crippen LogP contribution in [-0.4, -0.2) is 32.1 Å². The highest BCUT2D eigenvalue weighted by Gasteiger charge is 2.41. The van der Waals surface area contributed by atoms with Crippen molar-refractivity contribution in [3.8, 4) is 5.75 Å². The topological polar surface area (TPSA) is 40.0 Å². The molecule has 19 heavy (non-hydrogen) atoms. The summed E-state index contributed by atoms with van der Waals surface area (Å²) < 4.78 is 10.8. The molecule has 0 aromatic heterocycles. The lowest BCUT2D eigenvalue weighted by Crippen LogP contribution is -2.22. The summed E-state index contributed by atoms with van der Waals surface area (Å²) >= 11 is 0. The molecule has 1 saturated carbocycles. The van der Waals surface area contributed by atoms with E-state index < -0.39 is 0 Å². The highest BCUT2D eigenvalue weighted by atomic mass is 16.7. The van der Waals surface area contributed by atoms with Crippen molar-refractivity contribution >= 4 is 5.71 Å². The van der Waals surface area contributed by atoms with Crippen LogP contribution in [0.3, 0.4) is 0 Å². The maximum atomic E-state index is 5.49. The van der Waals surface area contributed by atoms with Crippen LogP contribution in [0.2, 0.25) is 0 Å². The third kappa shape index (κ3) is 1.82. The van der Waals surface area contributed by atoms with Crippen molar-refractivity contribution in [2.24, 2.45) is 11.1 Å². The molecule has 2 heterocycles. The number of hydrogen-bond acceptors (Lipinski definition) is 4. The molecule has 2 fully saturated rings. The van der Waals surface area contributed by atoms with Gasteiger partial charge in [-0.3, -0.25) is 0 Å². The van der Waals surface area contributed by atoms with Gasteiger partial charge >= 0.3 is 0 Å². The second-order valence-corrected chi connectivity index (χ2v) is 5.49. The molecular formula is C15H17NO3. The molecule has 4 heteroatoms. The Labute approximate surface area is 112 Å². The molecule has 0 N–H and O–H groups in total. The fraction of sp³-hybridized carbons (Fsp3) is 0.533. The van der Waals surface area contributed by atoms with Gasteiger partial charge in [0.05, 0.1) is 32.0 Å². The van der Waals surface area contributed by atoms with Crippen molar-refractivity contribution in [1.82, 2.24) is 0 Å². The summed E-state index contributed by atoms with van der Waals surface area (Å²) in [6, 6.07) is 6.28. The zero-order chi connectivity index (χ0) is 12.8. The zero-order valence-corrected chi connectivity index (χ0v) is 11.0. The molecule has 2 aliphatic heterocycles. The first-order valence-corrected chi connectivity index (χ1v) is 6.86. The number of nitrogens with zero attached hydrogens (tertiary/aromatic N) is 1. The quantitative estimate of drug-likeness (QED) is 0.836. The van der Waals surface area contributed by atoms with Gasteiger partial charge in [-0.05, 0) is 42.5 Å². The minimum atomic E-state index is 0.115. The molecule has 100 valence electrons. The van der Waals surface area contributed by atoms with E-state index in [2.05, 4.69) is 17.3 Å². The highest BCUT2D eigenvalue weighted by Crippen LogP contribution is 2.44. The van der Waals surface area contributed by atoms with Crippen molar-refractivity contribution in [2.75, 3.05) is 20.3 Å². The van der Waals surface area contributed by atoms with Gasteiger partial charge in [-0.2, -0.15) is 0 Å². The molecule has 1 aromatic carbocycles. The van der Waals surface area contributed by atoms with Crippen LogP contribution in [0.4, 0.5) is 0 Å². The Morgan fingerprint density at radius 2 is 2.16 bits per heavy atom. The molecule has 1 aromatic rings. The van der Waals surface area contributed by atoms with Gasteiger partial charge in [-0.1, -0.05) is 5.16 Å². The minimum absolute atomic E-state index is 0.115. The van der Waals surface area contributed by atoms with Crippen molar-refractivity contribution in [3.63, 3.8) is 0 Å². The van der Waals surface area contributed by atoms with E-state index in [0.717, 1.165) is 18.1 Å². The summed E-state index contributed by atoms with van der Waals surface area (Å²) in [7, 11) is 1.71. The molecule has 2 atom stereocenters. The molecule has 4 rings (SSSR count). The number of fused-ring (bicyclic) bond motifs is 1. The van der Waals surface area contributed by atoms with Crippen LogP contribution in [0.5, 0.6) is 5.75 Å². The highest BCUT2D eigenvalue weighted by molar-refractivity contribution is 6.04. The van der Waals surface area contributed by atoms with Crippen LogP contribution in [0.15, 0.2) is 23.4 Å². The maximum absolute atomic E-state index is 5.49. The van der Waals surface area contributed by atoms with Crippen LogP contribution < -0.4 is 4.74 Å². The predicted molar refractivity (Wildman–Crippen MR) is 70.7 cm³/mol. The van der Waals surface area contributed by atoms with Gasteiger partial charge in [0, 0.05) is 5.56 Å². The monoisotopic (exact) mass is 259 g/mol. The van der Waals surface area contributed by atoms with Crippen LogP contribution in [-0.2, 0) is 9.57 Å². The first-order chi connectivity index (χ1) is 9.36. The van der Waals surface area contributed by atoms with E-state index in [1.165, 1.54) is 24.0 Å². The van der Waals surface area contributed by atoms with Gasteiger partial charge in [0.15, 0.2) is 6.10 Å². The molecule has 0 amide bonds. The molecule has 3 aliphatic rings. The number of oxime groups is 1. The largest absolute Gasteiger partial charge is 0.497 e. The Morgan fingerprint density at radius 1 is 1.26 bits per heavy atom. The molecule has 2 unspecified atom stereocenters. The minimum Gasteiger partial charge on any atom is -0.497 e. The second kappa shape index (κ2) is 4.23. The van der Waals surface area contributed by atoms with Gasteiger partial charge in [0.2, 0.25) is 0 Å². The van der Waals surface area contributed by atoms with Gasteiger partial charge in [-0.15, -0.1) is 0 Å². The molecule has 4 nitrogen and oxygen atoms in total. The molecular weight excluding hydrogens is 242 g/mol. The number of hydrogen-bond donors (Lipinski definition) is 0. The normalized spacial score (nSPS) is 28.8. The Balaban J connectivity index is 1.74. The van der Waals surface area contributed by atoms with Crippen molar-refractivity contribution in [1.29, 1.82) is 0 Å². The van der Waals surface area contributed by atoms with E-state index in [0.29, 0.717) is 18.4 Å². The van der Waals surface area contributed by atoms with E-state index >= 15 is 0 Å². The summed E-state index contributed by atoms with van der Waals surface area (Å²) in [5, 5.41) is 4.31. The molecule has 1 aliphatic carbocycles. The van der Waals surface area contributed by atoms with Gasteiger partial charge in [0.25, 0.3) is 0 Å². The van der Waals surface area contributed by atoms with E-state index in [1.54, 1.807) is 7.11 Å². The van der Waals surface area contributed by atoms with E-state index in [1.807, 2.05) is 6.07 Å². The summed E-state index contributed by atoms with van der Waals surface area (Å²) in [6.07, 6.45) is 2.64. The smallest absolute Gasteiger partial charge is 0.161 e. The van der Waals surface area contributed by atoms with Crippen molar-refractivity contribution < 1.29 is 14.3 Å². The predicted octanol–water partition coefficient (Wildman–Crippen LogP) is 2.32. The number of methoxy groups -OCH3 is 1. The van der Waals surface area contributed by atoms with E-state index in [-0.39, 0.29) is 6.10 Å². The van der Waals surface area contributed by atoms with Crippen LogP contribution in [0.25, 0.3) is 0 Å². The van der Waals surface area contributed by atoms with Crippen LogP contribution >= 0.6 is 0 Å². The van der Waals surface area contributed by atoms with Crippen molar-refractivity contribution in [2.45, 2.75) is 24.9 Å². The molecule has 0 spiro atoms. The average molecular weight is 259 g/mol. The first kappa shape index (κ1) is 11.3. The number of benzene rings is 1. The van der Waals surface area contributed by atoms with Gasteiger partial charge < -0.3 is 14.3 Å². The molecule has 1 saturated heterocycles. The Morgan fingerprint density at radius 3 is 2.95 bits per heavy atom. The Bertz CT molecular complexity index is 536. The fourth-order valence-corrected chi connectivity index (χ4v) is 2.97. The van der Waals surface area contributed by atoms with E-state index in [9.17, 15) is 0 Å². The maximum Gasteiger partial charge on any atom is 0.161 e. The van der Waals surface area contributed by atoms with Crippen molar-refractivity contribution in [3.05, 3.63) is 29.3 Å². The summed E-state index contributed by atoms with van der Waals surface area (Å²) in [6.45, 7) is 1.38. The standard InChI is InChI=1S/C15H17NO3/c1-17-10-4-5-11(12(6-10)9-2-3-9)15-13-7-18-8-14(13)19-16-15/h4-6,9,13-14H,2-3,7-8H2,1H3. The number of ether oxygens (including phenoxy) is 2. The first-order valence-electron chi connectivity index (χ1n) is 6.86. The zero-order valence-electron chi connectivity index (χ0n) is 11.0. The fourth-order valence-electron chi connectivity index (χ4n) is 2.97. The summed E-state index contributed by atoms with van der Waals surface area (Å²) in [5.41, 5.74) is 3.64. The lowest BCUT2D eigenvalue weighted by Gasteiger charge is -2.13. The summed E-state index contributed by atoms with van der Waals surface area (Å²) in [4.78, 5) is 5.49.